The number of nitrogens with one attached hydrogen (secondary N) is 1. The quantitative estimate of drug-likeness (QED) is 0.520. The van der Waals surface area contributed by atoms with E-state index in [1.807, 2.05) is 20.0 Å². The van der Waals surface area contributed by atoms with Crippen LogP contribution in [-0.4, -0.2) is 38.1 Å². The minimum Gasteiger partial charge on any atom is -0.489 e. The minimum absolute atomic E-state index is 0.198. The summed E-state index contributed by atoms with van der Waals surface area (Å²) in [5, 5.41) is 11.9. The number of fused-ring (bicyclic) bond motifs is 1. The molecule has 34 heavy (non-hydrogen) atoms. The number of aliphatic hydroxyl groups is 1. The molecular formula is C24H27F3N4O3. The average Bonchev–Trinajstić information content (AvgIpc) is 3.21. The molecule has 0 aromatic carbocycles. The van der Waals surface area contributed by atoms with Crippen LogP contribution in [-0.2, 0) is 6.18 Å². The zero-order valence-corrected chi connectivity index (χ0v) is 19.0. The maximum atomic E-state index is 13.4. The number of halogens is 3. The first-order chi connectivity index (χ1) is 16.2. The van der Waals surface area contributed by atoms with Gasteiger partial charge in [-0.1, -0.05) is 0 Å². The van der Waals surface area contributed by atoms with Crippen LogP contribution in [0, 0.1) is 5.92 Å². The van der Waals surface area contributed by atoms with Gasteiger partial charge in [0.25, 0.3) is 5.91 Å². The second-order valence-corrected chi connectivity index (χ2v) is 8.90. The average molecular weight is 476 g/mol. The summed E-state index contributed by atoms with van der Waals surface area (Å²) in [6.45, 7) is 3.82. The monoisotopic (exact) mass is 476 g/mol. The fourth-order valence-electron chi connectivity index (χ4n) is 4.31. The molecule has 182 valence electrons. The molecule has 0 saturated heterocycles. The van der Waals surface area contributed by atoms with E-state index in [4.69, 9.17) is 9.72 Å². The molecule has 0 bridgehead atoms. The van der Waals surface area contributed by atoms with Crippen molar-refractivity contribution in [1.29, 1.82) is 0 Å². The molecule has 4 rings (SSSR count). The zero-order valence-electron chi connectivity index (χ0n) is 19.0. The van der Waals surface area contributed by atoms with Gasteiger partial charge in [0.1, 0.15) is 22.8 Å². The van der Waals surface area contributed by atoms with E-state index >= 15 is 0 Å². The predicted octanol–water partition coefficient (Wildman–Crippen LogP) is 5.05. The Kier molecular flexibility index (Phi) is 6.79. The van der Waals surface area contributed by atoms with E-state index < -0.39 is 23.3 Å². The van der Waals surface area contributed by atoms with Crippen molar-refractivity contribution < 1.29 is 27.8 Å². The highest BCUT2D eigenvalue weighted by Crippen LogP contribution is 2.37. The number of hydrogen-bond acceptors (Lipinski definition) is 5. The van der Waals surface area contributed by atoms with Crippen molar-refractivity contribution in [2.75, 3.05) is 11.9 Å². The number of rotatable bonds is 6. The first-order valence-corrected chi connectivity index (χ1v) is 11.3. The molecule has 0 spiro atoms. The van der Waals surface area contributed by atoms with Crippen LogP contribution in [0.5, 0.6) is 5.75 Å². The normalized spacial score (nSPS) is 18.9. The van der Waals surface area contributed by atoms with Gasteiger partial charge in [-0.15, -0.1) is 0 Å². The molecular weight excluding hydrogens is 449 g/mol. The number of pyridine rings is 2. The molecule has 0 radical (unpaired) electrons. The number of aliphatic hydroxyl groups excluding tert-OH is 1. The van der Waals surface area contributed by atoms with Crippen molar-refractivity contribution in [2.45, 2.75) is 57.7 Å². The van der Waals surface area contributed by atoms with E-state index in [2.05, 4.69) is 10.3 Å². The van der Waals surface area contributed by atoms with Crippen LogP contribution < -0.4 is 10.1 Å². The highest BCUT2D eigenvalue weighted by Gasteiger charge is 2.36. The van der Waals surface area contributed by atoms with Gasteiger partial charge in [-0.25, -0.2) is 4.98 Å². The summed E-state index contributed by atoms with van der Waals surface area (Å²) >= 11 is 0. The first-order valence-electron chi connectivity index (χ1n) is 11.3. The number of alkyl halides is 3. The molecule has 1 saturated carbocycles. The fourth-order valence-corrected chi connectivity index (χ4v) is 4.31. The third-order valence-electron chi connectivity index (χ3n) is 6.04. The molecule has 7 nitrogen and oxygen atoms in total. The Balaban J connectivity index is 1.66. The molecule has 1 aliphatic carbocycles. The Bertz CT molecular complexity index is 1170. The molecule has 2 N–H and O–H groups in total. The molecule has 0 aliphatic heterocycles. The lowest BCUT2D eigenvalue weighted by molar-refractivity contribution is -0.138. The van der Waals surface area contributed by atoms with E-state index in [9.17, 15) is 23.1 Å². The van der Waals surface area contributed by atoms with Gasteiger partial charge in [-0.2, -0.15) is 13.2 Å². The van der Waals surface area contributed by atoms with Crippen LogP contribution >= 0.6 is 0 Å². The summed E-state index contributed by atoms with van der Waals surface area (Å²) in [6.07, 6.45) is 3.38. The van der Waals surface area contributed by atoms with E-state index in [1.54, 1.807) is 16.7 Å². The molecule has 3 aromatic rings. The highest BCUT2D eigenvalue weighted by molar-refractivity contribution is 6.04. The van der Waals surface area contributed by atoms with E-state index in [1.165, 1.54) is 0 Å². The molecule has 1 aliphatic rings. The largest absolute Gasteiger partial charge is 0.489 e. The number of hydrogen-bond donors (Lipinski definition) is 2. The van der Waals surface area contributed by atoms with Crippen LogP contribution in [0.4, 0.5) is 18.9 Å². The van der Waals surface area contributed by atoms with Gasteiger partial charge in [0, 0.05) is 37.2 Å². The van der Waals surface area contributed by atoms with Gasteiger partial charge in [-0.3, -0.25) is 9.78 Å². The van der Waals surface area contributed by atoms with E-state index in [0.29, 0.717) is 17.3 Å². The summed E-state index contributed by atoms with van der Waals surface area (Å²) in [5.74, 6) is -0.0857. The topological polar surface area (TPSA) is 88.8 Å². The Morgan fingerprint density at radius 1 is 1.26 bits per heavy atom. The lowest BCUT2D eigenvalue weighted by atomic mass is 9.81. The molecule has 10 heteroatoms. The number of carbonyl (C=O) groups excluding carboxylic acids is 1. The van der Waals surface area contributed by atoms with Gasteiger partial charge in [0.2, 0.25) is 0 Å². The van der Waals surface area contributed by atoms with Gasteiger partial charge in [0.05, 0.1) is 17.4 Å². The predicted molar refractivity (Wildman–Crippen MR) is 120 cm³/mol. The standard InChI is InChI=1S/C24H27F3N4O3/c1-14(2)34-20-10-21-29-18(16-7-5-15(13-32)6-8-16)11-31(21)12-19(20)30-23(33)22-17(24(25,26)27)4-3-9-28-22/h3-4,9-12,14-16,32H,5-8,13H2,1-2H3,(H,30,33). The van der Waals surface area contributed by atoms with Gasteiger partial charge >= 0.3 is 6.18 Å². The Labute approximate surface area is 195 Å². The smallest absolute Gasteiger partial charge is 0.418 e. The van der Waals surface area contributed by atoms with Crippen molar-refractivity contribution in [3.63, 3.8) is 0 Å². The summed E-state index contributed by atoms with van der Waals surface area (Å²) in [4.78, 5) is 21.2. The number of amides is 1. The van der Waals surface area contributed by atoms with Crippen LogP contribution in [0.2, 0.25) is 0 Å². The number of imidazole rings is 1. The number of anilines is 1. The van der Waals surface area contributed by atoms with Crippen LogP contribution in [0.25, 0.3) is 5.65 Å². The van der Waals surface area contributed by atoms with Crippen molar-refractivity contribution >= 4 is 17.2 Å². The maximum Gasteiger partial charge on any atom is 0.418 e. The summed E-state index contributed by atoms with van der Waals surface area (Å²) in [5.41, 5.74) is -0.0834. The van der Waals surface area contributed by atoms with Crippen molar-refractivity contribution in [1.82, 2.24) is 14.4 Å². The number of nitrogens with zero attached hydrogens (tertiary/aromatic N) is 3. The van der Waals surface area contributed by atoms with Crippen molar-refractivity contribution in [3.8, 4) is 5.75 Å². The van der Waals surface area contributed by atoms with Crippen LogP contribution in [0.1, 0.15) is 67.2 Å². The molecule has 3 aromatic heterocycles. The van der Waals surface area contributed by atoms with Crippen LogP contribution in [0.15, 0.2) is 36.8 Å². The molecule has 0 unspecified atom stereocenters. The minimum atomic E-state index is -4.71. The van der Waals surface area contributed by atoms with Gasteiger partial charge in [0.15, 0.2) is 0 Å². The maximum absolute atomic E-state index is 13.4. The number of aromatic nitrogens is 3. The van der Waals surface area contributed by atoms with Crippen molar-refractivity contribution in [2.24, 2.45) is 5.92 Å². The first kappa shape index (κ1) is 24.0. The Morgan fingerprint density at radius 2 is 2.00 bits per heavy atom. The SMILES string of the molecule is CC(C)Oc1cc2nc(C3CCC(CO)CC3)cn2cc1NC(=O)c1ncccc1C(F)(F)F. The Morgan fingerprint density at radius 3 is 2.65 bits per heavy atom. The molecule has 0 atom stereocenters. The number of ether oxygens (including phenoxy) is 1. The summed E-state index contributed by atoms with van der Waals surface area (Å²) in [7, 11) is 0. The fraction of sp³-hybridized carbons (Fsp3) is 0.458. The van der Waals surface area contributed by atoms with Gasteiger partial charge < -0.3 is 19.6 Å². The second kappa shape index (κ2) is 9.61. The summed E-state index contributed by atoms with van der Waals surface area (Å²) < 4.78 is 47.7. The lowest BCUT2D eigenvalue weighted by Gasteiger charge is -2.25. The van der Waals surface area contributed by atoms with E-state index in [-0.39, 0.29) is 24.3 Å². The number of carbonyl (C=O) groups is 1. The molecule has 1 fully saturated rings. The van der Waals surface area contributed by atoms with Crippen LogP contribution in [0.3, 0.4) is 0 Å². The second-order valence-electron chi connectivity index (χ2n) is 8.90. The third-order valence-corrected chi connectivity index (χ3v) is 6.04. The lowest BCUT2D eigenvalue weighted by Crippen LogP contribution is -2.21. The van der Waals surface area contributed by atoms with E-state index in [0.717, 1.165) is 49.7 Å². The van der Waals surface area contributed by atoms with Gasteiger partial charge in [-0.05, 0) is 57.6 Å². The molecule has 1 amide bonds. The third kappa shape index (κ3) is 5.16. The van der Waals surface area contributed by atoms with Crippen molar-refractivity contribution in [3.05, 3.63) is 53.7 Å². The zero-order chi connectivity index (χ0) is 24.5. The Hall–Kier alpha value is -3.14. The highest BCUT2D eigenvalue weighted by atomic mass is 19.4. The molecule has 3 heterocycles. The summed E-state index contributed by atoms with van der Waals surface area (Å²) in [6, 6.07) is 3.63.